The van der Waals surface area contributed by atoms with Gasteiger partial charge in [-0.1, -0.05) is 12.2 Å². The maximum Gasteiger partial charge on any atom is 0.0875 e. The van der Waals surface area contributed by atoms with Crippen molar-refractivity contribution in [1.29, 1.82) is 0 Å². The summed E-state index contributed by atoms with van der Waals surface area (Å²) in [4.78, 5) is 0. The molecule has 0 radical (unpaired) electrons. The van der Waals surface area contributed by atoms with Crippen LogP contribution in [0.25, 0.3) is 0 Å². The second-order valence-corrected chi connectivity index (χ2v) is 5.70. The van der Waals surface area contributed by atoms with Crippen LogP contribution >= 0.6 is 0 Å². The van der Waals surface area contributed by atoms with Gasteiger partial charge in [-0.3, -0.25) is 0 Å². The minimum atomic E-state index is 0.694. The number of hydrogen-bond acceptors (Lipinski definition) is 1. The molecule has 14 heavy (non-hydrogen) atoms. The lowest BCUT2D eigenvalue weighted by molar-refractivity contribution is 0.127. The third kappa shape index (κ3) is 0.809. The van der Waals surface area contributed by atoms with Gasteiger partial charge in [-0.25, -0.2) is 0 Å². The van der Waals surface area contributed by atoms with Crippen LogP contribution in [0.2, 0.25) is 0 Å². The molecule has 0 aromatic rings. The van der Waals surface area contributed by atoms with Crippen molar-refractivity contribution in [2.45, 2.75) is 38.4 Å². The predicted molar refractivity (Wildman–Crippen MR) is 54.8 cm³/mol. The van der Waals surface area contributed by atoms with Crippen molar-refractivity contribution in [3.05, 3.63) is 12.2 Å². The van der Waals surface area contributed by atoms with E-state index < -0.39 is 0 Å². The molecule has 7 atom stereocenters. The second kappa shape index (κ2) is 2.44. The molecule has 4 aliphatic rings. The van der Waals surface area contributed by atoms with Crippen LogP contribution in [0.15, 0.2) is 12.2 Å². The summed E-state index contributed by atoms with van der Waals surface area (Å²) in [7, 11) is 0. The average molecular weight is 190 g/mol. The molecular weight excluding hydrogens is 172 g/mol. The van der Waals surface area contributed by atoms with Gasteiger partial charge in [0.05, 0.1) is 12.2 Å². The molecule has 0 amide bonds. The standard InChI is InChI=1S/C13H18O/c1-2-3-7-4-8-5-9(7)12-10(8)6-11-13(12)14-11/h2-3,7-13H,4-6H2,1H3. The lowest BCUT2D eigenvalue weighted by atomic mass is 9.75. The number of ether oxygens (including phenoxy) is 1. The van der Waals surface area contributed by atoms with Crippen LogP contribution < -0.4 is 0 Å². The van der Waals surface area contributed by atoms with E-state index in [0.717, 1.165) is 29.6 Å². The highest BCUT2D eigenvalue weighted by Crippen LogP contribution is 2.66. The van der Waals surface area contributed by atoms with Gasteiger partial charge in [0.15, 0.2) is 0 Å². The molecular formula is C13H18O. The topological polar surface area (TPSA) is 12.5 Å². The molecule has 1 aliphatic heterocycles. The summed E-state index contributed by atoms with van der Waals surface area (Å²) in [5.41, 5.74) is 0. The van der Waals surface area contributed by atoms with E-state index in [9.17, 15) is 0 Å². The average Bonchev–Trinajstić information content (AvgIpc) is 2.61. The van der Waals surface area contributed by atoms with Crippen molar-refractivity contribution < 1.29 is 4.74 Å². The first-order valence-electron chi connectivity index (χ1n) is 6.16. The number of hydrogen-bond donors (Lipinski definition) is 0. The number of epoxide rings is 1. The van der Waals surface area contributed by atoms with Crippen LogP contribution in [0.5, 0.6) is 0 Å². The largest absolute Gasteiger partial charge is 0.369 e. The molecule has 76 valence electrons. The molecule has 0 N–H and O–H groups in total. The first kappa shape index (κ1) is 7.92. The molecule has 3 saturated carbocycles. The van der Waals surface area contributed by atoms with Crippen molar-refractivity contribution in [1.82, 2.24) is 0 Å². The highest BCUT2D eigenvalue weighted by molar-refractivity contribution is 5.16. The van der Waals surface area contributed by atoms with Gasteiger partial charge in [-0.15, -0.1) is 0 Å². The molecule has 2 bridgehead atoms. The van der Waals surface area contributed by atoms with Crippen LogP contribution in [0.3, 0.4) is 0 Å². The molecule has 0 aromatic heterocycles. The van der Waals surface area contributed by atoms with E-state index >= 15 is 0 Å². The first-order chi connectivity index (χ1) is 6.88. The molecule has 1 saturated heterocycles. The Labute approximate surface area is 85.5 Å². The fourth-order valence-electron chi connectivity index (χ4n) is 4.83. The zero-order chi connectivity index (χ0) is 9.28. The third-order valence-electron chi connectivity index (χ3n) is 5.24. The predicted octanol–water partition coefficient (Wildman–Crippen LogP) is 2.62. The second-order valence-electron chi connectivity index (χ2n) is 5.70. The van der Waals surface area contributed by atoms with E-state index in [2.05, 4.69) is 19.1 Å². The number of rotatable bonds is 1. The van der Waals surface area contributed by atoms with E-state index in [1.807, 2.05) is 0 Å². The Morgan fingerprint density at radius 3 is 2.93 bits per heavy atom. The maximum atomic E-state index is 5.72. The highest BCUT2D eigenvalue weighted by Gasteiger charge is 2.65. The summed E-state index contributed by atoms with van der Waals surface area (Å²) in [5.74, 6) is 4.96. The van der Waals surface area contributed by atoms with Crippen LogP contribution in [-0.2, 0) is 4.74 Å². The Kier molecular flexibility index (Phi) is 1.38. The van der Waals surface area contributed by atoms with Gasteiger partial charge in [0.1, 0.15) is 0 Å². The fraction of sp³-hybridized carbons (Fsp3) is 0.846. The summed E-state index contributed by atoms with van der Waals surface area (Å²) >= 11 is 0. The van der Waals surface area contributed by atoms with Gasteiger partial charge in [0.25, 0.3) is 0 Å². The number of fused-ring (bicyclic) bond motifs is 7. The summed E-state index contributed by atoms with van der Waals surface area (Å²) in [6.07, 6.45) is 10.5. The smallest absolute Gasteiger partial charge is 0.0875 e. The van der Waals surface area contributed by atoms with Crippen LogP contribution in [0.1, 0.15) is 26.2 Å². The minimum Gasteiger partial charge on any atom is -0.369 e. The minimum absolute atomic E-state index is 0.694. The lowest BCUT2D eigenvalue weighted by Crippen LogP contribution is -2.27. The quantitative estimate of drug-likeness (QED) is 0.457. The van der Waals surface area contributed by atoms with E-state index in [1.54, 1.807) is 0 Å². The van der Waals surface area contributed by atoms with Crippen molar-refractivity contribution >= 4 is 0 Å². The Hall–Kier alpha value is -0.300. The van der Waals surface area contributed by atoms with Gasteiger partial charge >= 0.3 is 0 Å². The summed E-state index contributed by atoms with van der Waals surface area (Å²) < 4.78 is 5.72. The zero-order valence-corrected chi connectivity index (χ0v) is 8.73. The SMILES string of the molecule is CC=CC1CC2CC1C1C2CC2OC21. The summed E-state index contributed by atoms with van der Waals surface area (Å²) in [6.45, 7) is 2.16. The number of allylic oxidation sites excluding steroid dienone is 2. The Morgan fingerprint density at radius 2 is 2.07 bits per heavy atom. The van der Waals surface area contributed by atoms with Crippen molar-refractivity contribution in [2.24, 2.45) is 29.6 Å². The van der Waals surface area contributed by atoms with Crippen molar-refractivity contribution in [3.8, 4) is 0 Å². The molecule has 1 heterocycles. The van der Waals surface area contributed by atoms with Gasteiger partial charge < -0.3 is 4.74 Å². The van der Waals surface area contributed by atoms with E-state index in [1.165, 1.54) is 19.3 Å². The maximum absolute atomic E-state index is 5.72. The van der Waals surface area contributed by atoms with Gasteiger partial charge in [-0.2, -0.15) is 0 Å². The Morgan fingerprint density at radius 1 is 1.14 bits per heavy atom. The Balaban J connectivity index is 1.64. The summed E-state index contributed by atoms with van der Waals surface area (Å²) in [5, 5.41) is 0. The van der Waals surface area contributed by atoms with Crippen LogP contribution in [-0.4, -0.2) is 12.2 Å². The summed E-state index contributed by atoms with van der Waals surface area (Å²) in [6, 6.07) is 0. The molecule has 4 rings (SSSR count). The molecule has 4 fully saturated rings. The molecule has 1 nitrogen and oxygen atoms in total. The highest BCUT2D eigenvalue weighted by atomic mass is 16.6. The van der Waals surface area contributed by atoms with Crippen molar-refractivity contribution in [3.63, 3.8) is 0 Å². The molecule has 7 unspecified atom stereocenters. The van der Waals surface area contributed by atoms with Gasteiger partial charge in [-0.05, 0) is 55.8 Å². The van der Waals surface area contributed by atoms with Crippen LogP contribution in [0, 0.1) is 29.6 Å². The first-order valence-corrected chi connectivity index (χ1v) is 6.16. The van der Waals surface area contributed by atoms with Gasteiger partial charge in [0, 0.05) is 0 Å². The third-order valence-corrected chi connectivity index (χ3v) is 5.24. The van der Waals surface area contributed by atoms with E-state index in [-0.39, 0.29) is 0 Å². The lowest BCUT2D eigenvalue weighted by Gasteiger charge is -2.31. The van der Waals surface area contributed by atoms with E-state index in [0.29, 0.717) is 12.2 Å². The van der Waals surface area contributed by atoms with Crippen molar-refractivity contribution in [2.75, 3.05) is 0 Å². The molecule has 0 spiro atoms. The molecule has 0 aromatic carbocycles. The normalized spacial score (nSPS) is 63.4. The Bertz CT molecular complexity index is 296. The van der Waals surface area contributed by atoms with E-state index in [4.69, 9.17) is 4.74 Å². The fourth-order valence-corrected chi connectivity index (χ4v) is 4.83. The monoisotopic (exact) mass is 190 g/mol. The molecule has 1 heteroatoms. The molecule has 3 aliphatic carbocycles. The zero-order valence-electron chi connectivity index (χ0n) is 8.73. The van der Waals surface area contributed by atoms with Crippen LogP contribution in [0.4, 0.5) is 0 Å². The van der Waals surface area contributed by atoms with Gasteiger partial charge in [0.2, 0.25) is 0 Å².